The lowest BCUT2D eigenvalue weighted by molar-refractivity contribution is -0.384. The molecule has 0 fully saturated rings. The second kappa shape index (κ2) is 6.24. The van der Waals surface area contributed by atoms with Gasteiger partial charge in [0.15, 0.2) is 0 Å². The van der Waals surface area contributed by atoms with Gasteiger partial charge in [0, 0.05) is 17.7 Å². The third-order valence-electron chi connectivity index (χ3n) is 2.50. The molecule has 0 atom stereocenters. The molecule has 0 aliphatic heterocycles. The van der Waals surface area contributed by atoms with Gasteiger partial charge >= 0.3 is 0 Å². The van der Waals surface area contributed by atoms with Gasteiger partial charge in [0.25, 0.3) is 11.6 Å². The summed E-state index contributed by atoms with van der Waals surface area (Å²) in [5, 5.41) is 14.4. The average Bonchev–Trinajstić information content (AvgIpc) is 2.48. The number of nitrogens with one attached hydrogen (secondary N) is 1. The van der Waals surface area contributed by atoms with Gasteiger partial charge in [0.05, 0.1) is 11.1 Å². The summed E-state index contributed by atoms with van der Waals surface area (Å²) in [7, 11) is 0. The second-order valence-corrected chi connectivity index (χ2v) is 3.92. The minimum Gasteiger partial charge on any atom is -0.267 e. The van der Waals surface area contributed by atoms with Crippen LogP contribution in [0, 0.1) is 10.1 Å². The van der Waals surface area contributed by atoms with Crippen LogP contribution in [-0.4, -0.2) is 17.0 Å². The largest absolute Gasteiger partial charge is 0.271 e. The first-order chi connectivity index (χ1) is 9.66. The summed E-state index contributed by atoms with van der Waals surface area (Å²) in [4.78, 5) is 21.8. The maximum atomic E-state index is 11.8. The van der Waals surface area contributed by atoms with Crippen molar-refractivity contribution in [3.05, 3.63) is 75.8 Å². The van der Waals surface area contributed by atoms with Crippen LogP contribution in [0.3, 0.4) is 0 Å². The Labute approximate surface area is 114 Å². The van der Waals surface area contributed by atoms with Gasteiger partial charge in [-0.1, -0.05) is 36.4 Å². The molecule has 2 aromatic carbocycles. The van der Waals surface area contributed by atoms with E-state index in [1.807, 2.05) is 30.3 Å². The zero-order valence-electron chi connectivity index (χ0n) is 10.4. The Morgan fingerprint density at radius 3 is 2.60 bits per heavy atom. The fraction of sp³-hybridized carbons (Fsp3) is 0. The van der Waals surface area contributed by atoms with Crippen LogP contribution < -0.4 is 5.43 Å². The number of amides is 1. The molecule has 1 N–H and O–H groups in total. The molecule has 0 aromatic heterocycles. The highest BCUT2D eigenvalue weighted by Crippen LogP contribution is 2.12. The Balaban J connectivity index is 2.04. The molecule has 0 radical (unpaired) electrons. The quantitative estimate of drug-likeness (QED) is 0.525. The van der Waals surface area contributed by atoms with Crippen molar-refractivity contribution >= 4 is 17.8 Å². The third-order valence-corrected chi connectivity index (χ3v) is 2.50. The Kier molecular flexibility index (Phi) is 4.18. The van der Waals surface area contributed by atoms with Crippen LogP contribution in [0.4, 0.5) is 5.69 Å². The number of benzene rings is 2. The molecule has 0 aliphatic rings. The Morgan fingerprint density at radius 2 is 1.90 bits per heavy atom. The highest BCUT2D eigenvalue weighted by molar-refractivity contribution is 5.95. The number of nitrogens with zero attached hydrogens (tertiary/aromatic N) is 2. The van der Waals surface area contributed by atoms with Gasteiger partial charge in [-0.3, -0.25) is 14.9 Å². The number of carbonyl (C=O) groups is 1. The van der Waals surface area contributed by atoms with E-state index in [4.69, 9.17) is 0 Å². The molecule has 0 unspecified atom stereocenters. The predicted molar refractivity (Wildman–Crippen MR) is 74.6 cm³/mol. The molecule has 0 bridgehead atoms. The lowest BCUT2D eigenvalue weighted by Gasteiger charge is -1.99. The SMILES string of the molecule is O=C(N/N=C/c1ccccc1)c1cccc([N+](=O)[O-])c1. The molecule has 0 spiro atoms. The zero-order valence-corrected chi connectivity index (χ0v) is 10.4. The molecule has 6 nitrogen and oxygen atoms in total. The van der Waals surface area contributed by atoms with Crippen LogP contribution in [0.25, 0.3) is 0 Å². The molecule has 2 rings (SSSR count). The monoisotopic (exact) mass is 269 g/mol. The first kappa shape index (κ1) is 13.4. The van der Waals surface area contributed by atoms with Crippen LogP contribution in [0.2, 0.25) is 0 Å². The summed E-state index contributed by atoms with van der Waals surface area (Å²) in [6, 6.07) is 14.7. The topological polar surface area (TPSA) is 84.6 Å². The van der Waals surface area contributed by atoms with Crippen LogP contribution in [-0.2, 0) is 0 Å². The third kappa shape index (κ3) is 3.49. The number of carbonyl (C=O) groups excluding carboxylic acids is 1. The molecule has 20 heavy (non-hydrogen) atoms. The number of nitro groups is 1. The maximum Gasteiger partial charge on any atom is 0.271 e. The summed E-state index contributed by atoms with van der Waals surface area (Å²) < 4.78 is 0. The molecule has 0 aliphatic carbocycles. The summed E-state index contributed by atoms with van der Waals surface area (Å²) in [5.74, 6) is -0.499. The highest BCUT2D eigenvalue weighted by atomic mass is 16.6. The van der Waals surface area contributed by atoms with E-state index < -0.39 is 10.8 Å². The standard InChI is InChI=1S/C14H11N3O3/c18-14(12-7-4-8-13(9-12)17(19)20)16-15-10-11-5-2-1-3-6-11/h1-10H,(H,16,18)/b15-10+. The van der Waals surface area contributed by atoms with Gasteiger partial charge in [-0.15, -0.1) is 0 Å². The van der Waals surface area contributed by atoms with Gasteiger partial charge in [-0.05, 0) is 11.6 Å². The predicted octanol–water partition coefficient (Wildman–Crippen LogP) is 2.36. The van der Waals surface area contributed by atoms with E-state index in [0.717, 1.165) is 5.56 Å². The minimum absolute atomic E-state index is 0.135. The van der Waals surface area contributed by atoms with E-state index in [2.05, 4.69) is 10.5 Å². The van der Waals surface area contributed by atoms with Crippen molar-refractivity contribution in [1.29, 1.82) is 0 Å². The maximum absolute atomic E-state index is 11.8. The molecular formula is C14H11N3O3. The van der Waals surface area contributed by atoms with Gasteiger partial charge in [-0.2, -0.15) is 5.10 Å². The number of hydrazone groups is 1. The van der Waals surface area contributed by atoms with E-state index >= 15 is 0 Å². The molecule has 1 amide bonds. The molecule has 6 heteroatoms. The molecular weight excluding hydrogens is 258 g/mol. The smallest absolute Gasteiger partial charge is 0.267 e. The lowest BCUT2D eigenvalue weighted by atomic mass is 10.2. The summed E-state index contributed by atoms with van der Waals surface area (Å²) in [6.45, 7) is 0. The fourth-order valence-corrected chi connectivity index (χ4v) is 1.53. The van der Waals surface area contributed by atoms with E-state index in [1.165, 1.54) is 30.5 Å². The summed E-state index contributed by atoms with van der Waals surface area (Å²) >= 11 is 0. The van der Waals surface area contributed by atoms with Crippen molar-refractivity contribution in [2.24, 2.45) is 5.10 Å². The van der Waals surface area contributed by atoms with E-state index in [0.29, 0.717) is 0 Å². The van der Waals surface area contributed by atoms with Crippen molar-refractivity contribution in [3.63, 3.8) is 0 Å². The Morgan fingerprint density at radius 1 is 1.15 bits per heavy atom. The van der Waals surface area contributed by atoms with Crippen LogP contribution in [0.1, 0.15) is 15.9 Å². The lowest BCUT2D eigenvalue weighted by Crippen LogP contribution is -2.17. The average molecular weight is 269 g/mol. The van der Waals surface area contributed by atoms with Crippen LogP contribution in [0.5, 0.6) is 0 Å². The van der Waals surface area contributed by atoms with Crippen molar-refractivity contribution < 1.29 is 9.72 Å². The van der Waals surface area contributed by atoms with Gasteiger partial charge < -0.3 is 0 Å². The molecule has 100 valence electrons. The normalized spacial score (nSPS) is 10.4. The first-order valence-electron chi connectivity index (χ1n) is 5.80. The van der Waals surface area contributed by atoms with Crippen molar-refractivity contribution in [1.82, 2.24) is 5.43 Å². The number of hydrogen-bond acceptors (Lipinski definition) is 4. The van der Waals surface area contributed by atoms with Crippen molar-refractivity contribution in [2.45, 2.75) is 0 Å². The van der Waals surface area contributed by atoms with Crippen molar-refractivity contribution in [3.8, 4) is 0 Å². The van der Waals surface area contributed by atoms with Gasteiger partial charge in [0.2, 0.25) is 0 Å². The van der Waals surface area contributed by atoms with Gasteiger partial charge in [-0.25, -0.2) is 5.43 Å². The van der Waals surface area contributed by atoms with Crippen LogP contribution >= 0.6 is 0 Å². The van der Waals surface area contributed by atoms with Crippen molar-refractivity contribution in [2.75, 3.05) is 0 Å². The molecule has 0 saturated carbocycles. The van der Waals surface area contributed by atoms with E-state index in [-0.39, 0.29) is 11.3 Å². The Bertz CT molecular complexity index is 654. The highest BCUT2D eigenvalue weighted by Gasteiger charge is 2.10. The summed E-state index contributed by atoms with van der Waals surface area (Å²) in [5.41, 5.74) is 3.21. The molecule has 0 heterocycles. The molecule has 2 aromatic rings. The number of hydrogen-bond donors (Lipinski definition) is 1. The minimum atomic E-state index is -0.552. The van der Waals surface area contributed by atoms with Crippen LogP contribution in [0.15, 0.2) is 59.7 Å². The Hall–Kier alpha value is -3.02. The van der Waals surface area contributed by atoms with E-state index in [1.54, 1.807) is 0 Å². The number of rotatable bonds is 4. The van der Waals surface area contributed by atoms with Gasteiger partial charge in [0.1, 0.15) is 0 Å². The second-order valence-electron chi connectivity index (χ2n) is 3.92. The fourth-order valence-electron chi connectivity index (χ4n) is 1.53. The van der Waals surface area contributed by atoms with E-state index in [9.17, 15) is 14.9 Å². The number of nitro benzene ring substituents is 1. The number of non-ortho nitro benzene ring substituents is 1. The summed E-state index contributed by atoms with van der Waals surface area (Å²) in [6.07, 6.45) is 1.50. The zero-order chi connectivity index (χ0) is 14.4. The molecule has 0 saturated heterocycles. The first-order valence-corrected chi connectivity index (χ1v) is 5.80.